The van der Waals surface area contributed by atoms with Crippen LogP contribution in [0.5, 0.6) is 0 Å². The highest BCUT2D eigenvalue weighted by Gasteiger charge is 2.37. The number of carbonyl (C=O) groups excluding carboxylic acids is 1. The molecule has 1 fully saturated rings. The lowest BCUT2D eigenvalue weighted by molar-refractivity contribution is -0.147. The SMILES string of the molecule is CCc1ccc(C(C)(C)C(=O)N2CCC[C@H](C(=O)O)C2)cc1. The van der Waals surface area contributed by atoms with Gasteiger partial charge in [-0.25, -0.2) is 0 Å². The number of aryl methyl sites for hydroxylation is 1. The largest absolute Gasteiger partial charge is 0.481 e. The van der Waals surface area contributed by atoms with E-state index in [9.17, 15) is 14.7 Å². The molecule has 1 saturated heterocycles. The second kappa shape index (κ2) is 6.51. The molecule has 1 atom stereocenters. The van der Waals surface area contributed by atoms with Gasteiger partial charge in [-0.1, -0.05) is 31.2 Å². The highest BCUT2D eigenvalue weighted by atomic mass is 16.4. The van der Waals surface area contributed by atoms with E-state index in [0.717, 1.165) is 18.4 Å². The minimum Gasteiger partial charge on any atom is -0.481 e. The van der Waals surface area contributed by atoms with Crippen molar-refractivity contribution < 1.29 is 14.7 Å². The highest BCUT2D eigenvalue weighted by molar-refractivity contribution is 5.88. The predicted octanol–water partition coefficient (Wildman–Crippen LogP) is 2.85. The molecule has 22 heavy (non-hydrogen) atoms. The van der Waals surface area contributed by atoms with E-state index >= 15 is 0 Å². The number of hydrogen-bond acceptors (Lipinski definition) is 2. The fourth-order valence-corrected chi connectivity index (χ4v) is 3.04. The molecule has 1 aromatic carbocycles. The van der Waals surface area contributed by atoms with Crippen molar-refractivity contribution in [2.45, 2.75) is 45.4 Å². The normalized spacial score (nSPS) is 19.0. The van der Waals surface area contributed by atoms with Gasteiger partial charge in [-0.3, -0.25) is 9.59 Å². The van der Waals surface area contributed by atoms with Crippen molar-refractivity contribution in [1.29, 1.82) is 0 Å². The number of carboxylic acids is 1. The third-order valence-electron chi connectivity index (χ3n) is 4.68. The van der Waals surface area contributed by atoms with Gasteiger partial charge in [0.2, 0.25) is 5.91 Å². The molecule has 0 bridgehead atoms. The number of aliphatic carboxylic acids is 1. The molecule has 0 saturated carbocycles. The van der Waals surface area contributed by atoms with Crippen LogP contribution in [0.1, 0.15) is 44.7 Å². The van der Waals surface area contributed by atoms with Gasteiger partial charge in [-0.05, 0) is 44.2 Å². The standard InChI is InChI=1S/C18H25NO3/c1-4-13-7-9-15(10-8-13)18(2,3)17(22)19-11-5-6-14(12-19)16(20)21/h7-10,14H,4-6,11-12H2,1-3H3,(H,20,21)/t14-/m0/s1. The van der Waals surface area contributed by atoms with Crippen molar-refractivity contribution in [1.82, 2.24) is 4.90 Å². The Balaban J connectivity index is 2.16. The molecular weight excluding hydrogens is 278 g/mol. The van der Waals surface area contributed by atoms with Gasteiger partial charge < -0.3 is 10.0 Å². The Hall–Kier alpha value is -1.84. The summed E-state index contributed by atoms with van der Waals surface area (Å²) in [6, 6.07) is 8.13. The molecule has 1 heterocycles. The third kappa shape index (κ3) is 3.32. The van der Waals surface area contributed by atoms with Crippen LogP contribution >= 0.6 is 0 Å². The quantitative estimate of drug-likeness (QED) is 0.930. The first-order valence-corrected chi connectivity index (χ1v) is 7.98. The predicted molar refractivity (Wildman–Crippen MR) is 85.8 cm³/mol. The van der Waals surface area contributed by atoms with Gasteiger partial charge in [-0.15, -0.1) is 0 Å². The van der Waals surface area contributed by atoms with Crippen LogP contribution in [0, 0.1) is 5.92 Å². The molecule has 120 valence electrons. The zero-order chi connectivity index (χ0) is 16.3. The van der Waals surface area contributed by atoms with Crippen molar-refractivity contribution in [2.24, 2.45) is 5.92 Å². The molecule has 1 aromatic rings. The molecule has 0 unspecified atom stereocenters. The van der Waals surface area contributed by atoms with Gasteiger partial charge in [0.25, 0.3) is 0 Å². The highest BCUT2D eigenvalue weighted by Crippen LogP contribution is 2.28. The van der Waals surface area contributed by atoms with Crippen molar-refractivity contribution in [2.75, 3.05) is 13.1 Å². The average molecular weight is 303 g/mol. The van der Waals surface area contributed by atoms with E-state index in [1.807, 2.05) is 26.0 Å². The molecular formula is C18H25NO3. The summed E-state index contributed by atoms with van der Waals surface area (Å²) in [6.45, 7) is 6.91. The molecule has 0 aromatic heterocycles. The Morgan fingerprint density at radius 1 is 1.27 bits per heavy atom. The van der Waals surface area contributed by atoms with E-state index < -0.39 is 17.3 Å². The number of benzene rings is 1. The summed E-state index contributed by atoms with van der Waals surface area (Å²) in [6.07, 6.45) is 2.39. The summed E-state index contributed by atoms with van der Waals surface area (Å²) < 4.78 is 0. The number of likely N-dealkylation sites (tertiary alicyclic amines) is 1. The number of hydrogen-bond donors (Lipinski definition) is 1. The van der Waals surface area contributed by atoms with Gasteiger partial charge in [0.05, 0.1) is 11.3 Å². The summed E-state index contributed by atoms with van der Waals surface area (Å²) in [4.78, 5) is 25.8. The van der Waals surface area contributed by atoms with Crippen molar-refractivity contribution in [3.8, 4) is 0 Å². The van der Waals surface area contributed by atoms with Crippen LogP contribution in [0.3, 0.4) is 0 Å². The molecule has 4 heteroatoms. The van der Waals surface area contributed by atoms with E-state index in [4.69, 9.17) is 0 Å². The maximum atomic E-state index is 12.9. The van der Waals surface area contributed by atoms with Crippen molar-refractivity contribution in [3.05, 3.63) is 35.4 Å². The Morgan fingerprint density at radius 3 is 2.45 bits per heavy atom. The van der Waals surface area contributed by atoms with E-state index in [0.29, 0.717) is 19.5 Å². The van der Waals surface area contributed by atoms with E-state index in [2.05, 4.69) is 19.1 Å². The van der Waals surface area contributed by atoms with Gasteiger partial charge in [0.15, 0.2) is 0 Å². The number of nitrogens with zero attached hydrogens (tertiary/aromatic N) is 1. The van der Waals surface area contributed by atoms with Gasteiger partial charge in [-0.2, -0.15) is 0 Å². The number of rotatable bonds is 4. The van der Waals surface area contributed by atoms with Gasteiger partial charge in [0, 0.05) is 13.1 Å². The molecule has 1 N–H and O–H groups in total. The zero-order valence-corrected chi connectivity index (χ0v) is 13.6. The molecule has 1 amide bonds. The Bertz CT molecular complexity index is 548. The second-order valence-corrected chi connectivity index (χ2v) is 6.60. The van der Waals surface area contributed by atoms with Crippen molar-refractivity contribution >= 4 is 11.9 Å². The topological polar surface area (TPSA) is 57.6 Å². The summed E-state index contributed by atoms with van der Waals surface area (Å²) in [5, 5.41) is 9.18. The van der Waals surface area contributed by atoms with Gasteiger partial charge in [0.1, 0.15) is 0 Å². The smallest absolute Gasteiger partial charge is 0.308 e. The Kier molecular flexibility index (Phi) is 4.89. The summed E-state index contributed by atoms with van der Waals surface area (Å²) >= 11 is 0. The van der Waals surface area contributed by atoms with Crippen LogP contribution in [0.4, 0.5) is 0 Å². The molecule has 2 rings (SSSR count). The zero-order valence-electron chi connectivity index (χ0n) is 13.6. The van der Waals surface area contributed by atoms with E-state index in [1.165, 1.54) is 5.56 Å². The molecule has 1 aliphatic heterocycles. The van der Waals surface area contributed by atoms with Gasteiger partial charge >= 0.3 is 5.97 Å². The summed E-state index contributed by atoms with van der Waals surface area (Å²) in [7, 11) is 0. The molecule has 0 spiro atoms. The number of piperidine rings is 1. The van der Waals surface area contributed by atoms with E-state index in [1.54, 1.807) is 4.90 Å². The fourth-order valence-electron chi connectivity index (χ4n) is 3.04. The maximum absolute atomic E-state index is 12.9. The molecule has 0 radical (unpaired) electrons. The monoisotopic (exact) mass is 303 g/mol. The van der Waals surface area contributed by atoms with Crippen LogP contribution in [0.15, 0.2) is 24.3 Å². The molecule has 1 aliphatic rings. The number of carboxylic acid groups (broad SMARTS) is 1. The Labute approximate surface area is 132 Å². The van der Waals surface area contributed by atoms with Crippen LogP contribution in [-0.2, 0) is 21.4 Å². The van der Waals surface area contributed by atoms with E-state index in [-0.39, 0.29) is 5.91 Å². The van der Waals surface area contributed by atoms with Crippen LogP contribution in [-0.4, -0.2) is 35.0 Å². The summed E-state index contributed by atoms with van der Waals surface area (Å²) in [5.41, 5.74) is 1.59. The first-order valence-electron chi connectivity index (χ1n) is 7.98. The summed E-state index contributed by atoms with van der Waals surface area (Å²) in [5.74, 6) is -1.22. The number of carbonyl (C=O) groups is 2. The fraction of sp³-hybridized carbons (Fsp3) is 0.556. The third-order valence-corrected chi connectivity index (χ3v) is 4.68. The minimum atomic E-state index is -0.803. The van der Waals surface area contributed by atoms with Crippen LogP contribution in [0.2, 0.25) is 0 Å². The minimum absolute atomic E-state index is 0.0164. The first-order chi connectivity index (χ1) is 10.4. The lowest BCUT2D eigenvalue weighted by atomic mass is 9.82. The van der Waals surface area contributed by atoms with Crippen LogP contribution in [0.25, 0.3) is 0 Å². The average Bonchev–Trinajstić information content (AvgIpc) is 2.54. The first kappa shape index (κ1) is 16.5. The lowest BCUT2D eigenvalue weighted by Gasteiger charge is -2.36. The molecule has 4 nitrogen and oxygen atoms in total. The molecule has 0 aliphatic carbocycles. The van der Waals surface area contributed by atoms with Crippen LogP contribution < -0.4 is 0 Å². The number of amides is 1. The lowest BCUT2D eigenvalue weighted by Crippen LogP contribution is -2.49. The second-order valence-electron chi connectivity index (χ2n) is 6.60. The Morgan fingerprint density at radius 2 is 1.91 bits per heavy atom. The van der Waals surface area contributed by atoms with Crippen molar-refractivity contribution in [3.63, 3.8) is 0 Å². The maximum Gasteiger partial charge on any atom is 0.308 e.